The van der Waals surface area contributed by atoms with E-state index in [2.05, 4.69) is 40.6 Å². The van der Waals surface area contributed by atoms with Crippen molar-refractivity contribution in [2.45, 2.75) is 34.1 Å². The fraction of sp³-hybridized carbons (Fsp3) is 0.316. The first-order chi connectivity index (χ1) is 11.5. The van der Waals surface area contributed by atoms with Crippen LogP contribution < -0.4 is 5.32 Å². The van der Waals surface area contributed by atoms with Crippen LogP contribution >= 0.6 is 0 Å². The Kier molecular flexibility index (Phi) is 4.22. The molecule has 0 bridgehead atoms. The van der Waals surface area contributed by atoms with Crippen molar-refractivity contribution >= 4 is 16.6 Å². The van der Waals surface area contributed by atoms with Crippen molar-refractivity contribution in [3.8, 4) is 6.07 Å². The number of rotatable bonds is 4. The van der Waals surface area contributed by atoms with Crippen molar-refractivity contribution in [2.75, 3.05) is 11.9 Å². The van der Waals surface area contributed by atoms with Gasteiger partial charge in [-0.05, 0) is 45.7 Å². The molecule has 0 unspecified atom stereocenters. The third-order valence-corrected chi connectivity index (χ3v) is 4.28. The van der Waals surface area contributed by atoms with Gasteiger partial charge in [0, 0.05) is 23.7 Å². The lowest BCUT2D eigenvalue weighted by molar-refractivity contribution is 0.392. The van der Waals surface area contributed by atoms with Gasteiger partial charge in [0.15, 0.2) is 0 Å². The molecule has 5 heteroatoms. The van der Waals surface area contributed by atoms with Crippen LogP contribution in [0.5, 0.6) is 0 Å². The van der Waals surface area contributed by atoms with Gasteiger partial charge < -0.3 is 9.84 Å². The number of hydrogen-bond acceptors (Lipinski definition) is 5. The summed E-state index contributed by atoms with van der Waals surface area (Å²) in [5.41, 5.74) is 6.65. The molecule has 0 aliphatic heterocycles. The Labute approximate surface area is 141 Å². The predicted octanol–water partition coefficient (Wildman–Crippen LogP) is 3.98. The molecular weight excluding hydrogens is 300 g/mol. The Morgan fingerprint density at radius 3 is 2.67 bits per heavy atom. The maximum absolute atomic E-state index is 9.43. The van der Waals surface area contributed by atoms with Crippen molar-refractivity contribution in [2.24, 2.45) is 0 Å². The van der Waals surface area contributed by atoms with Crippen molar-refractivity contribution in [3.05, 3.63) is 52.0 Å². The fourth-order valence-corrected chi connectivity index (χ4v) is 3.11. The Morgan fingerprint density at radius 1 is 1.21 bits per heavy atom. The van der Waals surface area contributed by atoms with Gasteiger partial charge in [0.2, 0.25) is 0 Å². The topological polar surface area (TPSA) is 74.7 Å². The molecule has 0 radical (unpaired) electrons. The third-order valence-electron chi connectivity index (χ3n) is 4.28. The van der Waals surface area contributed by atoms with E-state index < -0.39 is 0 Å². The SMILES string of the molecule is Cc1cc(C)c2ncc(C#N)c(NCCc3c(C)noc3C)c2c1. The lowest BCUT2D eigenvalue weighted by Gasteiger charge is -2.13. The molecule has 0 spiro atoms. The minimum absolute atomic E-state index is 0.561. The number of aromatic nitrogens is 2. The predicted molar refractivity (Wildman–Crippen MR) is 94.1 cm³/mol. The lowest BCUT2D eigenvalue weighted by atomic mass is 10.0. The summed E-state index contributed by atoms with van der Waals surface area (Å²) in [4.78, 5) is 4.45. The van der Waals surface area contributed by atoms with E-state index in [0.717, 1.165) is 51.2 Å². The summed E-state index contributed by atoms with van der Waals surface area (Å²) in [5.74, 6) is 0.848. The van der Waals surface area contributed by atoms with Crippen LogP contribution in [0.25, 0.3) is 10.9 Å². The molecule has 0 aliphatic rings. The average molecular weight is 320 g/mol. The number of aryl methyl sites for hydroxylation is 4. The van der Waals surface area contributed by atoms with Gasteiger partial charge in [0.25, 0.3) is 0 Å². The van der Waals surface area contributed by atoms with Crippen molar-refractivity contribution in [1.82, 2.24) is 10.1 Å². The molecule has 2 heterocycles. The highest BCUT2D eigenvalue weighted by Crippen LogP contribution is 2.29. The van der Waals surface area contributed by atoms with E-state index in [1.54, 1.807) is 6.20 Å². The zero-order valence-electron chi connectivity index (χ0n) is 14.4. The Morgan fingerprint density at radius 2 is 2.00 bits per heavy atom. The highest BCUT2D eigenvalue weighted by Gasteiger charge is 2.12. The van der Waals surface area contributed by atoms with Crippen molar-refractivity contribution < 1.29 is 4.52 Å². The molecule has 122 valence electrons. The van der Waals surface area contributed by atoms with Gasteiger partial charge in [-0.1, -0.05) is 16.8 Å². The molecule has 0 amide bonds. The van der Waals surface area contributed by atoms with E-state index in [0.29, 0.717) is 12.1 Å². The molecule has 0 aliphatic carbocycles. The molecule has 24 heavy (non-hydrogen) atoms. The van der Waals surface area contributed by atoms with E-state index in [-0.39, 0.29) is 0 Å². The number of anilines is 1. The quantitative estimate of drug-likeness (QED) is 0.787. The smallest absolute Gasteiger partial charge is 0.137 e. The number of nitriles is 1. The molecule has 3 aromatic rings. The van der Waals surface area contributed by atoms with Crippen molar-refractivity contribution in [1.29, 1.82) is 5.26 Å². The molecule has 0 fully saturated rings. The van der Waals surface area contributed by atoms with Crippen LogP contribution in [0.4, 0.5) is 5.69 Å². The lowest BCUT2D eigenvalue weighted by Crippen LogP contribution is -2.08. The number of fused-ring (bicyclic) bond motifs is 1. The zero-order valence-corrected chi connectivity index (χ0v) is 14.4. The summed E-state index contributed by atoms with van der Waals surface area (Å²) in [6, 6.07) is 6.42. The molecular formula is C19H20N4O. The summed E-state index contributed by atoms with van der Waals surface area (Å²) >= 11 is 0. The van der Waals surface area contributed by atoms with Crippen LogP contribution in [0.2, 0.25) is 0 Å². The minimum Gasteiger partial charge on any atom is -0.383 e. The minimum atomic E-state index is 0.561. The monoisotopic (exact) mass is 320 g/mol. The average Bonchev–Trinajstić information content (AvgIpc) is 2.86. The number of hydrogen-bond donors (Lipinski definition) is 1. The van der Waals surface area contributed by atoms with Gasteiger partial charge in [-0.25, -0.2) is 0 Å². The van der Waals surface area contributed by atoms with Crippen LogP contribution in [-0.2, 0) is 6.42 Å². The van der Waals surface area contributed by atoms with Gasteiger partial charge in [0.1, 0.15) is 11.8 Å². The molecule has 3 rings (SSSR count). The van der Waals surface area contributed by atoms with Crippen LogP contribution in [0.3, 0.4) is 0 Å². The highest BCUT2D eigenvalue weighted by molar-refractivity contribution is 5.96. The number of benzene rings is 1. The molecule has 0 saturated carbocycles. The normalized spacial score (nSPS) is 10.8. The summed E-state index contributed by atoms with van der Waals surface area (Å²) in [7, 11) is 0. The summed E-state index contributed by atoms with van der Waals surface area (Å²) < 4.78 is 5.20. The van der Waals surface area contributed by atoms with Crippen LogP contribution in [-0.4, -0.2) is 16.7 Å². The maximum Gasteiger partial charge on any atom is 0.137 e. The molecule has 2 aromatic heterocycles. The van der Waals surface area contributed by atoms with E-state index in [1.165, 1.54) is 0 Å². The number of nitrogens with zero attached hydrogens (tertiary/aromatic N) is 3. The van der Waals surface area contributed by atoms with Crippen LogP contribution in [0.1, 0.15) is 33.7 Å². The summed E-state index contributed by atoms with van der Waals surface area (Å²) in [5, 5.41) is 17.8. The Balaban J connectivity index is 1.94. The van der Waals surface area contributed by atoms with E-state index in [1.807, 2.05) is 20.8 Å². The largest absolute Gasteiger partial charge is 0.383 e. The van der Waals surface area contributed by atoms with Gasteiger partial charge >= 0.3 is 0 Å². The van der Waals surface area contributed by atoms with Gasteiger partial charge in [0.05, 0.1) is 22.5 Å². The second-order valence-corrected chi connectivity index (χ2v) is 6.12. The van der Waals surface area contributed by atoms with Crippen LogP contribution in [0, 0.1) is 39.0 Å². The second-order valence-electron chi connectivity index (χ2n) is 6.12. The molecule has 0 atom stereocenters. The van der Waals surface area contributed by atoms with E-state index >= 15 is 0 Å². The zero-order chi connectivity index (χ0) is 17.3. The highest BCUT2D eigenvalue weighted by atomic mass is 16.5. The maximum atomic E-state index is 9.43. The summed E-state index contributed by atoms with van der Waals surface area (Å²) in [6.07, 6.45) is 2.43. The van der Waals surface area contributed by atoms with Crippen molar-refractivity contribution in [3.63, 3.8) is 0 Å². The molecule has 0 saturated heterocycles. The van der Waals surface area contributed by atoms with Gasteiger partial charge in [-0.2, -0.15) is 5.26 Å². The first-order valence-corrected chi connectivity index (χ1v) is 7.97. The number of nitrogens with one attached hydrogen (secondary N) is 1. The molecule has 1 N–H and O–H groups in total. The van der Waals surface area contributed by atoms with Gasteiger partial charge in [-0.15, -0.1) is 0 Å². The standard InChI is InChI=1S/C19H20N4O/c1-11-7-12(2)18-17(8-11)19(15(9-20)10-22-18)21-6-5-16-13(3)23-24-14(16)4/h7-8,10H,5-6H2,1-4H3,(H,21,22). The fourth-order valence-electron chi connectivity index (χ4n) is 3.11. The first kappa shape index (κ1) is 16.0. The van der Waals surface area contributed by atoms with E-state index in [9.17, 15) is 5.26 Å². The first-order valence-electron chi connectivity index (χ1n) is 7.97. The third kappa shape index (κ3) is 2.83. The second kappa shape index (κ2) is 6.32. The van der Waals surface area contributed by atoms with E-state index in [4.69, 9.17) is 4.52 Å². The Hall–Kier alpha value is -2.87. The molecule has 1 aromatic carbocycles. The van der Waals surface area contributed by atoms with Crippen LogP contribution in [0.15, 0.2) is 22.9 Å². The van der Waals surface area contributed by atoms with Gasteiger partial charge in [-0.3, -0.25) is 4.98 Å². The molecule has 5 nitrogen and oxygen atoms in total. The number of pyridine rings is 1. The Bertz CT molecular complexity index is 931. The summed E-state index contributed by atoms with van der Waals surface area (Å²) in [6.45, 7) is 8.66.